The number of oxime groups is 1. The number of hydrogen-bond donors (Lipinski definition) is 1. The van der Waals surface area contributed by atoms with E-state index >= 15 is 0 Å². The highest BCUT2D eigenvalue weighted by atomic mass is 35.5. The zero-order chi connectivity index (χ0) is 27.2. The van der Waals surface area contributed by atoms with Gasteiger partial charge in [-0.3, -0.25) is 9.59 Å². The van der Waals surface area contributed by atoms with Gasteiger partial charge in [0.15, 0.2) is 5.78 Å². The van der Waals surface area contributed by atoms with Crippen LogP contribution in [0.4, 0.5) is 26.3 Å². The summed E-state index contributed by atoms with van der Waals surface area (Å²) < 4.78 is 79.8. The minimum Gasteiger partial charge on any atom is -0.374 e. The van der Waals surface area contributed by atoms with E-state index in [0.717, 1.165) is 23.5 Å². The van der Waals surface area contributed by atoms with Crippen LogP contribution in [-0.4, -0.2) is 36.3 Å². The number of nitrogens with zero attached hydrogens (tertiary/aromatic N) is 1. The van der Waals surface area contributed by atoms with E-state index in [9.17, 15) is 35.9 Å². The van der Waals surface area contributed by atoms with Gasteiger partial charge in [0, 0.05) is 28.5 Å². The molecule has 1 aromatic heterocycles. The van der Waals surface area contributed by atoms with Crippen molar-refractivity contribution < 1.29 is 40.8 Å². The molecule has 4 rings (SSSR count). The Hall–Kier alpha value is -2.31. The fraction of sp³-hybridized carbons (Fsp3) is 0.435. The van der Waals surface area contributed by atoms with Gasteiger partial charge in [-0.1, -0.05) is 28.4 Å². The molecule has 2 heterocycles. The first-order valence-corrected chi connectivity index (χ1v) is 12.6. The van der Waals surface area contributed by atoms with Gasteiger partial charge in [0.25, 0.3) is 5.60 Å². The number of fused-ring (bicyclic) bond motifs is 1. The molecule has 1 aliphatic heterocycles. The number of thiophene rings is 1. The maximum atomic E-state index is 14.3. The molecule has 200 valence electrons. The highest BCUT2D eigenvalue weighted by Gasteiger charge is 2.62. The molecule has 0 bridgehead atoms. The number of rotatable bonds is 7. The van der Waals surface area contributed by atoms with E-state index in [1.165, 1.54) is 6.07 Å². The van der Waals surface area contributed by atoms with Crippen LogP contribution in [-0.2, 0) is 28.1 Å². The summed E-state index contributed by atoms with van der Waals surface area (Å²) in [5.41, 5.74) is -1.77. The first-order valence-electron chi connectivity index (χ1n) is 11.0. The summed E-state index contributed by atoms with van der Waals surface area (Å²) in [5.74, 6) is -1.40. The molecule has 1 amide bonds. The number of hydrogen-bond acceptors (Lipinski definition) is 5. The van der Waals surface area contributed by atoms with Gasteiger partial charge in [0.2, 0.25) is 5.91 Å². The van der Waals surface area contributed by atoms with Crippen molar-refractivity contribution >= 4 is 51.9 Å². The molecule has 1 atom stereocenters. The Labute approximate surface area is 220 Å². The Kier molecular flexibility index (Phi) is 7.57. The average molecular weight is 587 g/mol. The van der Waals surface area contributed by atoms with Crippen LogP contribution >= 0.6 is 34.5 Å². The third-order valence-corrected chi connectivity index (χ3v) is 7.87. The fourth-order valence-corrected chi connectivity index (χ4v) is 6.24. The number of halogens is 8. The zero-order valence-electron chi connectivity index (χ0n) is 18.8. The molecule has 1 unspecified atom stereocenters. The number of carbonyl (C=O) groups excluding carboxylic acids is 2. The lowest BCUT2D eigenvalue weighted by atomic mass is 9.87. The Morgan fingerprint density at radius 1 is 1.03 bits per heavy atom. The molecule has 1 aromatic carbocycles. The molecule has 2 aliphatic rings. The quantitative estimate of drug-likeness (QED) is 0.288. The monoisotopic (exact) mass is 586 g/mol. The van der Waals surface area contributed by atoms with Crippen LogP contribution in [0.1, 0.15) is 56.9 Å². The molecule has 5 nitrogen and oxygen atoms in total. The highest BCUT2D eigenvalue weighted by molar-refractivity contribution is 7.16. The van der Waals surface area contributed by atoms with Crippen molar-refractivity contribution in [2.75, 3.05) is 6.54 Å². The minimum absolute atomic E-state index is 0.00709. The van der Waals surface area contributed by atoms with Crippen LogP contribution in [0.3, 0.4) is 0 Å². The molecule has 0 fully saturated rings. The predicted octanol–water partition coefficient (Wildman–Crippen LogP) is 6.77. The second kappa shape index (κ2) is 10.1. The third-order valence-electron chi connectivity index (χ3n) is 6.07. The number of nitrogens with one attached hydrogen (secondary N) is 1. The van der Waals surface area contributed by atoms with Crippen LogP contribution in [0.15, 0.2) is 23.4 Å². The van der Waals surface area contributed by atoms with Crippen molar-refractivity contribution in [2.24, 2.45) is 5.16 Å². The third kappa shape index (κ3) is 5.75. The Balaban J connectivity index is 1.57. The average Bonchev–Trinajstić information content (AvgIpc) is 3.49. The van der Waals surface area contributed by atoms with Gasteiger partial charge in [-0.25, -0.2) is 0 Å². The highest BCUT2D eigenvalue weighted by Crippen LogP contribution is 2.51. The summed E-state index contributed by atoms with van der Waals surface area (Å²) >= 11 is 12.8. The zero-order valence-corrected chi connectivity index (χ0v) is 21.1. The summed E-state index contributed by atoms with van der Waals surface area (Å²) in [6.45, 7) is -1.50. The molecular weight excluding hydrogens is 569 g/mol. The lowest BCUT2D eigenvalue weighted by Gasteiger charge is -2.29. The normalized spacial score (nSPS) is 19.4. The Morgan fingerprint density at radius 3 is 2.30 bits per heavy atom. The van der Waals surface area contributed by atoms with Crippen molar-refractivity contribution in [1.82, 2.24) is 5.32 Å². The van der Waals surface area contributed by atoms with Crippen LogP contribution in [0, 0.1) is 0 Å². The molecule has 0 radical (unpaired) electrons. The van der Waals surface area contributed by atoms with Crippen LogP contribution in [0.5, 0.6) is 0 Å². The van der Waals surface area contributed by atoms with Crippen LogP contribution in [0.25, 0.3) is 0 Å². The minimum atomic E-state index is -4.88. The molecule has 1 aliphatic carbocycles. The molecule has 37 heavy (non-hydrogen) atoms. The summed E-state index contributed by atoms with van der Waals surface area (Å²) in [7, 11) is 0. The first kappa shape index (κ1) is 27.7. The van der Waals surface area contributed by atoms with E-state index in [1.807, 2.05) is 0 Å². The van der Waals surface area contributed by atoms with Gasteiger partial charge < -0.3 is 10.2 Å². The molecule has 1 N–H and O–H groups in total. The second-order valence-electron chi connectivity index (χ2n) is 8.67. The van der Waals surface area contributed by atoms with Crippen molar-refractivity contribution in [3.05, 3.63) is 54.7 Å². The van der Waals surface area contributed by atoms with E-state index in [0.29, 0.717) is 35.3 Å². The van der Waals surface area contributed by atoms with Gasteiger partial charge >= 0.3 is 12.4 Å². The standard InChI is InChI=1S/C23H18Cl2F6N2O3S/c24-12-6-11(7-13(25)8-12)21(23(29,30)31)9-16(33-36-21)19-14-2-1-3-15(14)20(37-19)17(34)4-5-18(35)32-10-22(26,27)28/h6-8H,1-5,9-10H2,(H,32,35). The van der Waals surface area contributed by atoms with E-state index in [4.69, 9.17) is 28.0 Å². The lowest BCUT2D eigenvalue weighted by molar-refractivity contribution is -0.275. The van der Waals surface area contributed by atoms with E-state index in [2.05, 4.69) is 5.16 Å². The number of carbonyl (C=O) groups is 2. The van der Waals surface area contributed by atoms with Crippen molar-refractivity contribution in [3.63, 3.8) is 0 Å². The smallest absolute Gasteiger partial charge is 0.374 e. The summed E-state index contributed by atoms with van der Waals surface area (Å²) in [4.78, 5) is 30.3. The van der Waals surface area contributed by atoms with Gasteiger partial charge in [-0.2, -0.15) is 26.3 Å². The Morgan fingerprint density at radius 2 is 1.68 bits per heavy atom. The maximum absolute atomic E-state index is 14.3. The molecule has 0 saturated heterocycles. The van der Waals surface area contributed by atoms with E-state index in [-0.39, 0.29) is 32.6 Å². The fourth-order valence-electron chi connectivity index (χ4n) is 4.37. The SMILES string of the molecule is O=C(CCC(=O)c1sc(C2=NOC(c3cc(Cl)cc(Cl)c3)(C(F)(F)F)C2)c2c1CCC2)NCC(F)(F)F. The predicted molar refractivity (Wildman–Crippen MR) is 125 cm³/mol. The first-order chi connectivity index (χ1) is 17.2. The van der Waals surface area contributed by atoms with Crippen LogP contribution < -0.4 is 5.32 Å². The largest absolute Gasteiger partial charge is 0.435 e. The van der Waals surface area contributed by atoms with E-state index in [1.54, 1.807) is 5.32 Å². The summed E-state index contributed by atoms with van der Waals surface area (Å²) in [6, 6.07) is 3.51. The number of Topliss-reactive ketones (excluding diaryl/α,β-unsaturated/α-hetero) is 1. The van der Waals surface area contributed by atoms with Crippen molar-refractivity contribution in [1.29, 1.82) is 0 Å². The Bertz CT molecular complexity index is 1250. The summed E-state index contributed by atoms with van der Waals surface area (Å²) in [5, 5.41) is 5.46. The van der Waals surface area contributed by atoms with Gasteiger partial charge in [0.1, 0.15) is 12.3 Å². The van der Waals surface area contributed by atoms with Crippen molar-refractivity contribution in [2.45, 2.75) is 56.5 Å². The molecule has 2 aromatic rings. The lowest BCUT2D eigenvalue weighted by Crippen LogP contribution is -2.42. The van der Waals surface area contributed by atoms with Gasteiger partial charge in [-0.15, -0.1) is 11.3 Å². The van der Waals surface area contributed by atoms with Crippen LogP contribution in [0.2, 0.25) is 10.0 Å². The molecule has 14 heteroatoms. The maximum Gasteiger partial charge on any atom is 0.435 e. The van der Waals surface area contributed by atoms with Gasteiger partial charge in [-0.05, 0) is 48.6 Å². The van der Waals surface area contributed by atoms with E-state index < -0.39 is 49.0 Å². The second-order valence-corrected chi connectivity index (χ2v) is 10.6. The number of benzene rings is 1. The number of amides is 1. The molecule has 0 spiro atoms. The summed E-state index contributed by atoms with van der Waals surface area (Å²) in [6.07, 6.45) is -9.23. The number of alkyl halides is 6. The molecular formula is C23H18Cl2F6N2O3S. The number of ketones is 1. The van der Waals surface area contributed by atoms with Crippen molar-refractivity contribution in [3.8, 4) is 0 Å². The molecule has 0 saturated carbocycles. The van der Waals surface area contributed by atoms with Gasteiger partial charge in [0.05, 0.1) is 16.2 Å². The topological polar surface area (TPSA) is 67.8 Å².